The Kier molecular flexibility index (Phi) is 6.54. The van der Waals surface area contributed by atoms with Crippen LogP contribution in [-0.2, 0) is 12.8 Å². The zero-order valence-corrected chi connectivity index (χ0v) is 28.9. The molecule has 0 spiro atoms. The van der Waals surface area contributed by atoms with Crippen molar-refractivity contribution in [1.82, 2.24) is 0 Å². The molecule has 0 aliphatic carbocycles. The molecule has 0 saturated carbocycles. The number of fused-ring (bicyclic) bond motifs is 6. The Morgan fingerprint density at radius 1 is 0.327 bits per heavy atom. The molecule has 0 fully saturated rings. The van der Waals surface area contributed by atoms with Gasteiger partial charge in [0.15, 0.2) is 0 Å². The van der Waals surface area contributed by atoms with Gasteiger partial charge in [-0.2, -0.15) is 0 Å². The molecule has 2 heterocycles. The summed E-state index contributed by atoms with van der Waals surface area (Å²) in [5, 5.41) is 10.2. The quantitative estimate of drug-likeness (QED) is 0.173. The van der Waals surface area contributed by atoms with Crippen molar-refractivity contribution in [3.63, 3.8) is 0 Å². The van der Waals surface area contributed by atoms with E-state index in [9.17, 15) is 0 Å². The Hall–Kier alpha value is -6.38. The van der Waals surface area contributed by atoms with Crippen LogP contribution in [-0.4, -0.2) is 13.1 Å². The normalized spacial score (nSPS) is 13.8. The fraction of sp³-hybridized carbons (Fsp3) is 0.0800. The van der Waals surface area contributed by atoms with Gasteiger partial charge < -0.3 is 9.80 Å². The molecule has 9 aromatic rings. The van der Waals surface area contributed by atoms with Gasteiger partial charge in [-0.15, -0.1) is 0 Å². The van der Waals surface area contributed by atoms with Crippen LogP contribution in [0.1, 0.15) is 11.1 Å². The minimum Gasteiger partial charge on any atom is -0.341 e. The Bertz CT molecular complexity index is 2680. The van der Waals surface area contributed by atoms with E-state index < -0.39 is 0 Å². The lowest BCUT2D eigenvalue weighted by Gasteiger charge is -2.25. The van der Waals surface area contributed by atoms with E-state index in [1.165, 1.54) is 99.2 Å². The lowest BCUT2D eigenvalue weighted by Crippen LogP contribution is -2.13. The maximum Gasteiger partial charge on any atom is 0.0444 e. The van der Waals surface area contributed by atoms with Crippen LogP contribution in [0.15, 0.2) is 170 Å². The van der Waals surface area contributed by atoms with E-state index in [-0.39, 0.29) is 0 Å². The van der Waals surface area contributed by atoms with E-state index in [1.807, 2.05) is 0 Å². The third kappa shape index (κ3) is 4.44. The molecule has 0 saturated heterocycles. The van der Waals surface area contributed by atoms with E-state index >= 15 is 0 Å². The van der Waals surface area contributed by atoms with Gasteiger partial charge in [0.05, 0.1) is 0 Å². The number of anilines is 4. The van der Waals surface area contributed by atoms with Gasteiger partial charge >= 0.3 is 0 Å². The molecule has 0 bridgehead atoms. The molecule has 0 radical (unpaired) electrons. The third-order valence-electron chi connectivity index (χ3n) is 11.6. The van der Waals surface area contributed by atoms with Crippen LogP contribution in [0.25, 0.3) is 65.3 Å². The van der Waals surface area contributed by atoms with Gasteiger partial charge in [0.1, 0.15) is 0 Å². The predicted molar refractivity (Wildman–Crippen MR) is 222 cm³/mol. The SMILES string of the molecule is c1ccc2c(c1)CCN2c1ccc2c(-c3cccc4ccccc34)c3cc(N4CCc5ccccc54)ccc3c(-c3cccc4ccccc34)c2c1. The number of hydrogen-bond acceptors (Lipinski definition) is 2. The van der Waals surface area contributed by atoms with Crippen molar-refractivity contribution in [3.8, 4) is 22.3 Å². The first-order valence-corrected chi connectivity index (χ1v) is 18.5. The number of hydrogen-bond donors (Lipinski definition) is 0. The van der Waals surface area contributed by atoms with E-state index in [4.69, 9.17) is 0 Å². The van der Waals surface area contributed by atoms with E-state index in [2.05, 4.69) is 180 Å². The maximum atomic E-state index is 2.51. The van der Waals surface area contributed by atoms with E-state index in [0.717, 1.165) is 25.9 Å². The van der Waals surface area contributed by atoms with Gasteiger partial charge in [0.25, 0.3) is 0 Å². The van der Waals surface area contributed by atoms with Crippen molar-refractivity contribution in [2.45, 2.75) is 12.8 Å². The van der Waals surface area contributed by atoms with Gasteiger partial charge in [-0.05, 0) is 126 Å². The van der Waals surface area contributed by atoms with Crippen LogP contribution in [0.3, 0.4) is 0 Å². The summed E-state index contributed by atoms with van der Waals surface area (Å²) in [6, 6.07) is 63.6. The Morgan fingerprint density at radius 2 is 0.750 bits per heavy atom. The molecule has 0 atom stereocenters. The van der Waals surface area contributed by atoms with Crippen LogP contribution in [0.2, 0.25) is 0 Å². The molecule has 246 valence electrons. The molecule has 0 N–H and O–H groups in total. The van der Waals surface area contributed by atoms with Crippen molar-refractivity contribution >= 4 is 65.8 Å². The second kappa shape index (κ2) is 11.6. The highest BCUT2D eigenvalue weighted by Crippen LogP contribution is 2.49. The van der Waals surface area contributed by atoms with E-state index in [1.54, 1.807) is 0 Å². The average molecular weight is 665 g/mol. The fourth-order valence-electron chi connectivity index (χ4n) is 9.22. The highest BCUT2D eigenvalue weighted by atomic mass is 15.2. The minimum atomic E-state index is 0.985. The van der Waals surface area contributed by atoms with E-state index in [0.29, 0.717) is 0 Å². The second-order valence-corrected chi connectivity index (χ2v) is 14.3. The third-order valence-corrected chi connectivity index (χ3v) is 11.6. The molecule has 2 aliphatic rings. The zero-order chi connectivity index (χ0) is 34.2. The number of nitrogens with zero attached hydrogens (tertiary/aromatic N) is 2. The van der Waals surface area contributed by atoms with Crippen LogP contribution < -0.4 is 9.80 Å². The molecule has 2 nitrogen and oxygen atoms in total. The fourth-order valence-corrected chi connectivity index (χ4v) is 9.22. The molecule has 0 unspecified atom stereocenters. The molecule has 11 rings (SSSR count). The summed E-state index contributed by atoms with van der Waals surface area (Å²) in [6.07, 6.45) is 2.12. The van der Waals surface area contributed by atoms with Crippen LogP contribution >= 0.6 is 0 Å². The van der Waals surface area contributed by atoms with Gasteiger partial charge in [-0.3, -0.25) is 0 Å². The molecule has 9 aromatic carbocycles. The van der Waals surface area contributed by atoms with Gasteiger partial charge in [0.2, 0.25) is 0 Å². The van der Waals surface area contributed by atoms with Crippen molar-refractivity contribution in [3.05, 3.63) is 181 Å². The lowest BCUT2D eigenvalue weighted by atomic mass is 9.83. The monoisotopic (exact) mass is 664 g/mol. The minimum absolute atomic E-state index is 0.985. The molecule has 2 heteroatoms. The van der Waals surface area contributed by atoms with Crippen LogP contribution in [0, 0.1) is 0 Å². The first kappa shape index (κ1) is 29.4. The van der Waals surface area contributed by atoms with Gasteiger partial charge in [-0.25, -0.2) is 0 Å². The summed E-state index contributed by atoms with van der Waals surface area (Å²) in [5.41, 5.74) is 13.1. The number of rotatable bonds is 4. The Labute approximate surface area is 303 Å². The molecule has 0 amide bonds. The van der Waals surface area contributed by atoms with Gasteiger partial charge in [-0.1, -0.05) is 133 Å². The zero-order valence-electron chi connectivity index (χ0n) is 28.9. The highest BCUT2D eigenvalue weighted by molar-refractivity contribution is 6.26. The summed E-state index contributed by atoms with van der Waals surface area (Å²) >= 11 is 0. The van der Waals surface area contributed by atoms with Crippen LogP contribution in [0.5, 0.6) is 0 Å². The maximum absolute atomic E-state index is 2.51. The topological polar surface area (TPSA) is 6.48 Å². The summed E-state index contributed by atoms with van der Waals surface area (Å²) in [6.45, 7) is 1.97. The summed E-state index contributed by atoms with van der Waals surface area (Å²) in [7, 11) is 0. The molecule has 52 heavy (non-hydrogen) atoms. The largest absolute Gasteiger partial charge is 0.341 e. The summed E-state index contributed by atoms with van der Waals surface area (Å²) < 4.78 is 0. The Morgan fingerprint density at radius 3 is 1.25 bits per heavy atom. The lowest BCUT2D eigenvalue weighted by molar-refractivity contribution is 0.999. The highest BCUT2D eigenvalue weighted by Gasteiger charge is 2.25. The molecular formula is C50H36N2. The van der Waals surface area contributed by atoms with Crippen LogP contribution in [0.4, 0.5) is 22.7 Å². The number of benzene rings is 9. The molecule has 0 aromatic heterocycles. The molecular weight excluding hydrogens is 629 g/mol. The second-order valence-electron chi connectivity index (χ2n) is 14.3. The number of para-hydroxylation sites is 2. The van der Waals surface area contributed by atoms with Crippen molar-refractivity contribution in [2.24, 2.45) is 0 Å². The van der Waals surface area contributed by atoms with Crippen molar-refractivity contribution < 1.29 is 0 Å². The van der Waals surface area contributed by atoms with Crippen molar-refractivity contribution in [1.29, 1.82) is 0 Å². The summed E-state index contributed by atoms with van der Waals surface area (Å²) in [4.78, 5) is 5.02. The van der Waals surface area contributed by atoms with Crippen molar-refractivity contribution in [2.75, 3.05) is 22.9 Å². The average Bonchev–Trinajstić information content (AvgIpc) is 3.84. The predicted octanol–water partition coefficient (Wildman–Crippen LogP) is 13.0. The smallest absolute Gasteiger partial charge is 0.0444 e. The summed E-state index contributed by atoms with van der Waals surface area (Å²) in [5.74, 6) is 0. The Balaban J connectivity index is 1.28. The standard InChI is InChI=1S/C50H36N2/c1-5-17-39-33(11-1)15-9-19-41(39)49-43-25-23-38(52-30-28-36-14-4-8-22-48(36)52)32-46(43)50(42-20-10-16-34-12-2-6-18-40(34)42)44-26-24-37(31-45(44)49)51-29-27-35-13-3-7-21-47(35)51/h1-26,31-32H,27-30H2. The molecule has 2 aliphatic heterocycles. The first-order chi connectivity index (χ1) is 25.8. The van der Waals surface area contributed by atoms with Gasteiger partial charge in [0, 0.05) is 35.8 Å². The first-order valence-electron chi connectivity index (χ1n) is 18.5.